The van der Waals surface area contributed by atoms with Crippen LogP contribution in [0, 0.1) is 0 Å². The quantitative estimate of drug-likeness (QED) is 0.101. The molecule has 0 amide bonds. The van der Waals surface area contributed by atoms with Crippen molar-refractivity contribution in [3.8, 4) is 11.5 Å². The van der Waals surface area contributed by atoms with Crippen LogP contribution in [-0.4, -0.2) is 24.2 Å². The summed E-state index contributed by atoms with van der Waals surface area (Å²) in [7, 11) is 1.52. The molecule has 0 atom stereocenters. The van der Waals surface area contributed by atoms with Crippen molar-refractivity contribution in [2.75, 3.05) is 7.11 Å². The van der Waals surface area contributed by atoms with Gasteiger partial charge in [0.15, 0.2) is 0 Å². The van der Waals surface area contributed by atoms with E-state index in [1.165, 1.54) is 7.11 Å². The second-order valence-electron chi connectivity index (χ2n) is 8.94. The predicted molar refractivity (Wildman–Crippen MR) is 131 cm³/mol. The van der Waals surface area contributed by atoms with Gasteiger partial charge in [0.1, 0.15) is 17.1 Å². The van der Waals surface area contributed by atoms with Crippen LogP contribution in [-0.2, 0) is 15.0 Å². The van der Waals surface area contributed by atoms with Gasteiger partial charge in [0.05, 0.1) is 17.9 Å². The molecule has 0 aliphatic rings. The summed E-state index contributed by atoms with van der Waals surface area (Å²) in [5.41, 5.74) is 0.356. The van der Waals surface area contributed by atoms with Gasteiger partial charge in [-0.2, -0.15) is 0 Å². The van der Waals surface area contributed by atoms with Crippen LogP contribution in [0.1, 0.15) is 58.4 Å². The average Bonchev–Trinajstić information content (AvgIpc) is 2.80. The van der Waals surface area contributed by atoms with Crippen LogP contribution in [0.4, 0.5) is 0 Å². The van der Waals surface area contributed by atoms with Crippen LogP contribution in [0.3, 0.4) is 0 Å². The predicted octanol–water partition coefficient (Wildman–Crippen LogP) is 5.75. The van der Waals surface area contributed by atoms with Crippen LogP contribution in [0.2, 0.25) is 0 Å². The highest BCUT2D eigenvalue weighted by atomic mass is 16.5. The number of aliphatic carboxylic acids is 1. The van der Waals surface area contributed by atoms with Crippen molar-refractivity contribution in [1.82, 2.24) is 0 Å². The summed E-state index contributed by atoms with van der Waals surface area (Å²) < 4.78 is 16.6. The summed E-state index contributed by atoms with van der Waals surface area (Å²) in [4.78, 5) is 35.9. The number of esters is 1. The van der Waals surface area contributed by atoms with Crippen molar-refractivity contribution >= 4 is 33.7 Å². The second-order valence-corrected chi connectivity index (χ2v) is 8.94. The number of carbonyl (C=O) groups excluding carboxylic acids is 1. The van der Waals surface area contributed by atoms with Crippen LogP contribution >= 0.6 is 0 Å². The molecule has 0 unspecified atom stereocenters. The number of benzene rings is 2. The molecule has 3 aromatic rings. The minimum Gasteiger partial charge on any atom is -0.497 e. The van der Waals surface area contributed by atoms with Crippen molar-refractivity contribution < 1.29 is 28.6 Å². The lowest BCUT2D eigenvalue weighted by molar-refractivity contribution is -0.133. The van der Waals surface area contributed by atoms with E-state index in [-0.39, 0.29) is 16.7 Å². The molecule has 7 heteroatoms. The van der Waals surface area contributed by atoms with Crippen molar-refractivity contribution in [3.63, 3.8) is 0 Å². The molecule has 1 N–H and O–H groups in total. The van der Waals surface area contributed by atoms with E-state index >= 15 is 0 Å². The fourth-order valence-electron chi connectivity index (χ4n) is 4.02. The van der Waals surface area contributed by atoms with E-state index in [9.17, 15) is 14.4 Å². The van der Waals surface area contributed by atoms with Gasteiger partial charge in [0.25, 0.3) is 0 Å². The highest BCUT2D eigenvalue weighted by Crippen LogP contribution is 2.39. The summed E-state index contributed by atoms with van der Waals surface area (Å²) in [5, 5.41) is 10.1. The van der Waals surface area contributed by atoms with E-state index in [0.717, 1.165) is 43.7 Å². The molecular weight excluding hydrogens is 436 g/mol. The van der Waals surface area contributed by atoms with Crippen molar-refractivity contribution in [1.29, 1.82) is 0 Å². The number of hydrogen-bond acceptors (Lipinski definition) is 6. The Balaban J connectivity index is 2.21. The third-order valence-electron chi connectivity index (χ3n) is 5.99. The molecule has 0 saturated heterocycles. The van der Waals surface area contributed by atoms with Gasteiger partial charge in [-0.3, -0.25) is 0 Å². The summed E-state index contributed by atoms with van der Waals surface area (Å²) >= 11 is 0. The third-order valence-corrected chi connectivity index (χ3v) is 5.99. The van der Waals surface area contributed by atoms with Gasteiger partial charge >= 0.3 is 17.6 Å². The number of carbonyl (C=O) groups is 2. The number of rotatable bonds is 10. The molecule has 0 fully saturated rings. The Bertz CT molecular complexity index is 1300. The molecule has 0 spiro atoms. The lowest BCUT2D eigenvalue weighted by atomic mass is 9.79. The summed E-state index contributed by atoms with van der Waals surface area (Å²) in [5.74, 6) is -1.38. The maximum atomic E-state index is 12.7. The first kappa shape index (κ1) is 25.0. The fourth-order valence-corrected chi connectivity index (χ4v) is 4.02. The zero-order valence-electron chi connectivity index (χ0n) is 20.0. The Morgan fingerprint density at radius 1 is 1.06 bits per heavy atom. The van der Waals surface area contributed by atoms with E-state index in [4.69, 9.17) is 19.0 Å². The van der Waals surface area contributed by atoms with E-state index < -0.39 is 17.6 Å². The number of hydrogen-bond donors (Lipinski definition) is 1. The lowest BCUT2D eigenvalue weighted by Gasteiger charge is -2.26. The number of carboxylic acid groups (broad SMARTS) is 1. The Hall–Kier alpha value is -3.61. The molecule has 0 aliphatic heterocycles. The van der Waals surface area contributed by atoms with Gasteiger partial charge in [-0.1, -0.05) is 46.5 Å². The smallest absolute Gasteiger partial charge is 0.344 e. The largest absolute Gasteiger partial charge is 0.497 e. The van der Waals surface area contributed by atoms with Crippen LogP contribution < -0.4 is 15.1 Å². The molecule has 0 bridgehead atoms. The second kappa shape index (κ2) is 10.5. The molecule has 1 aromatic heterocycles. The van der Waals surface area contributed by atoms with Gasteiger partial charge in [-0.25, -0.2) is 14.4 Å². The number of carboxylic acids is 1. The number of fused-ring (bicyclic) bond motifs is 3. The third kappa shape index (κ3) is 5.65. The highest BCUT2D eigenvalue weighted by molar-refractivity contribution is 6.09. The normalized spacial score (nSPS) is 11.9. The zero-order valence-corrected chi connectivity index (χ0v) is 20.0. The average molecular weight is 467 g/mol. The molecular formula is C27H30O7. The number of methoxy groups -OCH3 is 1. The minimum absolute atomic E-state index is 0.191. The topological polar surface area (TPSA) is 103 Å². The van der Waals surface area contributed by atoms with E-state index in [0.29, 0.717) is 28.0 Å². The Kier molecular flexibility index (Phi) is 7.76. The molecule has 34 heavy (non-hydrogen) atoms. The summed E-state index contributed by atoms with van der Waals surface area (Å²) in [6.07, 6.45) is 6.92. The molecule has 7 nitrogen and oxygen atoms in total. The molecule has 180 valence electrons. The Labute approximate surface area is 198 Å². The highest BCUT2D eigenvalue weighted by Gasteiger charge is 2.25. The van der Waals surface area contributed by atoms with Gasteiger partial charge < -0.3 is 19.0 Å². The molecule has 0 radical (unpaired) electrons. The first-order valence-corrected chi connectivity index (χ1v) is 11.4. The standard InChI is InChI=1S/C27H30O7/c1-5-6-7-8-13-27(2,3)17-14-21(33-24(30)12-11-23(28)29)25-20-16-18(32-4)9-10-19(20)26(31)34-22(25)15-17/h9-12,14-16H,5-8,13H2,1-4H3,(H,28,29)/b12-11-. The van der Waals surface area contributed by atoms with Gasteiger partial charge in [0, 0.05) is 17.5 Å². The van der Waals surface area contributed by atoms with Crippen LogP contribution in [0.15, 0.2) is 51.7 Å². The molecule has 1 heterocycles. The van der Waals surface area contributed by atoms with Crippen molar-refractivity contribution in [2.45, 2.75) is 58.3 Å². The number of ether oxygens (including phenoxy) is 2. The van der Waals surface area contributed by atoms with Crippen LogP contribution in [0.25, 0.3) is 21.7 Å². The Morgan fingerprint density at radius 2 is 1.82 bits per heavy atom. The monoisotopic (exact) mass is 466 g/mol. The van der Waals surface area contributed by atoms with Crippen molar-refractivity contribution in [3.05, 3.63) is 58.5 Å². The molecule has 3 rings (SSSR count). The molecule has 0 saturated carbocycles. The number of unbranched alkanes of at least 4 members (excludes halogenated alkanes) is 3. The zero-order chi connectivity index (χ0) is 24.9. The van der Waals surface area contributed by atoms with Gasteiger partial charge in [-0.15, -0.1) is 0 Å². The van der Waals surface area contributed by atoms with Gasteiger partial charge in [-0.05, 0) is 47.7 Å². The SMILES string of the molecule is CCCCCCC(C)(C)c1cc(OC(=O)/C=C\C(=O)O)c2c(c1)oc(=O)c1ccc(OC)cc12. The fraction of sp³-hybridized carbons (Fsp3) is 0.370. The van der Waals surface area contributed by atoms with E-state index in [2.05, 4.69) is 20.8 Å². The first-order chi connectivity index (χ1) is 16.2. The lowest BCUT2D eigenvalue weighted by Crippen LogP contribution is -2.18. The minimum atomic E-state index is -1.26. The summed E-state index contributed by atoms with van der Waals surface area (Å²) in [6.45, 7) is 6.35. The maximum absolute atomic E-state index is 12.7. The molecule has 2 aromatic carbocycles. The van der Waals surface area contributed by atoms with Crippen LogP contribution in [0.5, 0.6) is 11.5 Å². The molecule has 0 aliphatic carbocycles. The Morgan fingerprint density at radius 3 is 2.50 bits per heavy atom. The van der Waals surface area contributed by atoms with E-state index in [1.54, 1.807) is 24.3 Å². The van der Waals surface area contributed by atoms with Crippen molar-refractivity contribution in [2.24, 2.45) is 0 Å². The maximum Gasteiger partial charge on any atom is 0.344 e. The summed E-state index contributed by atoms with van der Waals surface area (Å²) in [6, 6.07) is 8.53. The van der Waals surface area contributed by atoms with E-state index in [1.807, 2.05) is 6.07 Å². The first-order valence-electron chi connectivity index (χ1n) is 11.4. The van der Waals surface area contributed by atoms with Gasteiger partial charge in [0.2, 0.25) is 0 Å².